The van der Waals surface area contributed by atoms with Crippen molar-refractivity contribution in [2.75, 3.05) is 13.7 Å². The normalized spacial score (nSPS) is 14.3. The molecule has 0 saturated carbocycles. The summed E-state index contributed by atoms with van der Waals surface area (Å²) in [5.74, 6) is 1.11. The van der Waals surface area contributed by atoms with Gasteiger partial charge >= 0.3 is 5.97 Å². The fourth-order valence-electron chi connectivity index (χ4n) is 3.72. The zero-order valence-electron chi connectivity index (χ0n) is 19.4. The van der Waals surface area contributed by atoms with E-state index in [1.54, 1.807) is 52.2 Å². The molecule has 0 atom stereocenters. The van der Waals surface area contributed by atoms with E-state index in [1.165, 1.54) is 0 Å². The Balaban J connectivity index is 1.57. The molecule has 0 bridgehead atoms. The first-order valence-electron chi connectivity index (χ1n) is 10.8. The summed E-state index contributed by atoms with van der Waals surface area (Å²) in [4.78, 5) is 24.8. The maximum Gasteiger partial charge on any atom is 0.344 e. The molecule has 7 heteroatoms. The second-order valence-electron chi connectivity index (χ2n) is 8.73. The summed E-state index contributed by atoms with van der Waals surface area (Å²) < 4.78 is 24.1. The minimum atomic E-state index is -0.585. The van der Waals surface area contributed by atoms with E-state index < -0.39 is 11.6 Å². The van der Waals surface area contributed by atoms with Gasteiger partial charge in [0.1, 0.15) is 22.8 Å². The van der Waals surface area contributed by atoms with Crippen molar-refractivity contribution in [3.8, 4) is 17.2 Å². The number of carbonyl (C=O) groups is 2. The van der Waals surface area contributed by atoms with Crippen molar-refractivity contribution in [1.82, 2.24) is 4.57 Å². The number of allylic oxidation sites excluding steroid dienone is 1. The van der Waals surface area contributed by atoms with Crippen LogP contribution in [0.1, 0.15) is 43.6 Å². The summed E-state index contributed by atoms with van der Waals surface area (Å²) >= 11 is 0. The van der Waals surface area contributed by atoms with Crippen molar-refractivity contribution in [1.29, 1.82) is 0 Å². The van der Waals surface area contributed by atoms with Crippen LogP contribution in [0.15, 0.2) is 48.4 Å². The monoisotopic (exact) mass is 449 g/mol. The summed E-state index contributed by atoms with van der Waals surface area (Å²) in [6, 6.07) is 10.7. The Morgan fingerprint density at radius 1 is 1.12 bits per heavy atom. The van der Waals surface area contributed by atoms with Gasteiger partial charge in [-0.25, -0.2) is 4.79 Å². The Hall–Kier alpha value is -3.74. The molecule has 0 amide bonds. The van der Waals surface area contributed by atoms with Crippen LogP contribution >= 0.6 is 0 Å². The van der Waals surface area contributed by atoms with Crippen LogP contribution in [0.5, 0.6) is 17.2 Å². The first kappa shape index (κ1) is 22.5. The molecule has 1 aliphatic heterocycles. The Morgan fingerprint density at radius 3 is 2.58 bits per heavy atom. The van der Waals surface area contributed by atoms with Crippen LogP contribution in [-0.4, -0.2) is 35.6 Å². The number of fused-ring (bicyclic) bond motifs is 2. The number of aryl methyl sites for hydroxylation is 1. The number of aromatic nitrogens is 1. The van der Waals surface area contributed by atoms with Gasteiger partial charge < -0.3 is 23.5 Å². The maximum absolute atomic E-state index is 12.9. The zero-order chi connectivity index (χ0) is 23.8. The molecule has 0 fully saturated rings. The third-order valence-corrected chi connectivity index (χ3v) is 5.16. The number of carbonyl (C=O) groups excluding carboxylic acids is 2. The molecule has 1 aromatic heterocycles. The van der Waals surface area contributed by atoms with Crippen molar-refractivity contribution in [3.63, 3.8) is 0 Å². The lowest BCUT2D eigenvalue weighted by Crippen LogP contribution is -2.27. The predicted octanol–water partition coefficient (Wildman–Crippen LogP) is 5.01. The number of benzene rings is 2. The smallest absolute Gasteiger partial charge is 0.344 e. The predicted molar refractivity (Wildman–Crippen MR) is 125 cm³/mol. The number of esters is 1. The molecule has 0 aliphatic carbocycles. The molecule has 0 saturated heterocycles. The van der Waals surface area contributed by atoms with Crippen molar-refractivity contribution >= 4 is 28.7 Å². The molecule has 0 unspecified atom stereocenters. The third kappa shape index (κ3) is 4.72. The lowest BCUT2D eigenvalue weighted by atomic mass is 10.1. The highest BCUT2D eigenvalue weighted by molar-refractivity contribution is 6.15. The molecule has 2 heterocycles. The Morgan fingerprint density at radius 2 is 1.88 bits per heavy atom. The topological polar surface area (TPSA) is 76.0 Å². The number of Topliss-reactive ketones (excluding diaryl/α,β-unsaturated/α-hetero) is 1. The Labute approximate surface area is 192 Å². The van der Waals surface area contributed by atoms with Crippen molar-refractivity contribution in [3.05, 3.63) is 59.5 Å². The van der Waals surface area contributed by atoms with Gasteiger partial charge in [-0.05, 0) is 64.1 Å². The van der Waals surface area contributed by atoms with Gasteiger partial charge in [-0.15, -0.1) is 0 Å². The Kier molecular flexibility index (Phi) is 5.89. The van der Waals surface area contributed by atoms with Gasteiger partial charge in [0.2, 0.25) is 5.78 Å². The summed E-state index contributed by atoms with van der Waals surface area (Å²) in [6.07, 6.45) is 3.74. The number of hydrogen-bond acceptors (Lipinski definition) is 6. The molecular formula is C26H27NO6. The first-order chi connectivity index (χ1) is 15.7. The molecule has 33 heavy (non-hydrogen) atoms. The van der Waals surface area contributed by atoms with Crippen LogP contribution in [0.3, 0.4) is 0 Å². The lowest BCUT2D eigenvalue weighted by molar-refractivity contribution is -0.157. The molecule has 0 radical (unpaired) electrons. The lowest BCUT2D eigenvalue weighted by Gasteiger charge is -2.19. The number of hydrogen-bond donors (Lipinski definition) is 0. The number of nitrogens with zero attached hydrogens (tertiary/aromatic N) is 1. The van der Waals surface area contributed by atoms with Crippen molar-refractivity contribution < 1.29 is 28.5 Å². The molecule has 3 aromatic rings. The molecule has 1 aliphatic rings. The number of ketones is 1. The first-order valence-corrected chi connectivity index (χ1v) is 10.8. The van der Waals surface area contributed by atoms with Crippen LogP contribution in [0, 0.1) is 0 Å². The van der Waals surface area contributed by atoms with E-state index in [1.807, 2.05) is 24.4 Å². The fraction of sp³-hybridized carbons (Fsp3) is 0.308. The minimum absolute atomic E-state index is 0.205. The van der Waals surface area contributed by atoms with E-state index in [4.69, 9.17) is 18.9 Å². The molecule has 2 aromatic carbocycles. The molecule has 0 spiro atoms. The van der Waals surface area contributed by atoms with Gasteiger partial charge in [0.25, 0.3) is 0 Å². The van der Waals surface area contributed by atoms with Gasteiger partial charge in [0.05, 0.1) is 12.7 Å². The molecule has 172 valence electrons. The zero-order valence-corrected chi connectivity index (χ0v) is 19.4. The van der Waals surface area contributed by atoms with Gasteiger partial charge in [-0.2, -0.15) is 0 Å². The second kappa shape index (κ2) is 8.65. The minimum Gasteiger partial charge on any atom is -0.497 e. The quantitative estimate of drug-likeness (QED) is 0.389. The number of rotatable bonds is 6. The van der Waals surface area contributed by atoms with E-state index in [2.05, 4.69) is 11.5 Å². The molecule has 7 nitrogen and oxygen atoms in total. The second-order valence-corrected chi connectivity index (χ2v) is 8.73. The highest BCUT2D eigenvalue weighted by Gasteiger charge is 2.28. The highest BCUT2D eigenvalue weighted by Crippen LogP contribution is 2.36. The summed E-state index contributed by atoms with van der Waals surface area (Å²) in [6.45, 7) is 8.00. The van der Waals surface area contributed by atoms with E-state index in [0.717, 1.165) is 28.8 Å². The molecular weight excluding hydrogens is 422 g/mol. The average molecular weight is 450 g/mol. The number of ether oxygens (including phenoxy) is 4. The van der Waals surface area contributed by atoms with Crippen LogP contribution < -0.4 is 14.2 Å². The fourth-order valence-corrected chi connectivity index (χ4v) is 3.72. The van der Waals surface area contributed by atoms with Crippen molar-refractivity contribution in [2.45, 2.75) is 39.8 Å². The highest BCUT2D eigenvalue weighted by atomic mass is 16.6. The molecule has 4 rings (SSSR count). The van der Waals surface area contributed by atoms with Crippen LogP contribution in [0.25, 0.3) is 17.0 Å². The standard InChI is InChI=1S/C26H27NO6/c1-6-27-14-16(20-12-17(30-5)8-10-21(20)27)11-23-25(29)19-9-7-18(13-22(19)32-23)31-15-24(28)33-26(2,3)4/h7-14H,6,15H2,1-5H3. The largest absolute Gasteiger partial charge is 0.497 e. The van der Waals surface area contributed by atoms with Crippen LogP contribution in [0.4, 0.5) is 0 Å². The molecule has 0 N–H and O–H groups in total. The van der Waals surface area contributed by atoms with E-state index in [-0.39, 0.29) is 18.1 Å². The Bertz CT molecular complexity index is 1260. The van der Waals surface area contributed by atoms with Gasteiger partial charge in [0.15, 0.2) is 12.4 Å². The summed E-state index contributed by atoms with van der Waals surface area (Å²) in [7, 11) is 1.62. The SMILES string of the molecule is CCn1cc(C=C2Oc3cc(OCC(=O)OC(C)(C)C)ccc3C2=O)c2cc(OC)ccc21. The summed E-state index contributed by atoms with van der Waals surface area (Å²) in [5.41, 5.74) is 1.77. The van der Waals surface area contributed by atoms with E-state index in [0.29, 0.717) is 17.1 Å². The van der Waals surface area contributed by atoms with Crippen LogP contribution in [0.2, 0.25) is 0 Å². The average Bonchev–Trinajstić information content (AvgIpc) is 3.27. The van der Waals surface area contributed by atoms with Gasteiger partial charge in [0, 0.05) is 35.3 Å². The van der Waals surface area contributed by atoms with E-state index >= 15 is 0 Å². The summed E-state index contributed by atoms with van der Waals surface area (Å²) in [5, 5.41) is 0.970. The van der Waals surface area contributed by atoms with Gasteiger partial charge in [-0.1, -0.05) is 0 Å². The maximum atomic E-state index is 12.9. The van der Waals surface area contributed by atoms with E-state index in [9.17, 15) is 9.59 Å². The van der Waals surface area contributed by atoms with Crippen LogP contribution in [-0.2, 0) is 16.1 Å². The van der Waals surface area contributed by atoms with Crippen molar-refractivity contribution in [2.24, 2.45) is 0 Å². The number of methoxy groups -OCH3 is 1. The van der Waals surface area contributed by atoms with Gasteiger partial charge in [-0.3, -0.25) is 4.79 Å². The third-order valence-electron chi connectivity index (χ3n) is 5.16.